The SMILES string of the molecule is C1=CC2NC1C(c1ccc(OCc3cc(-c4ccccc4)no3)cc1)C1CCC(N1)C(c1ccc(OCc3cc(-c4ccccc4)no3)cc1)C1C=CC(N1)C(c1ccc(OCc3cc(-c4ccccc4)no3)cc1)C1CCC(N1)C2c1ccc(OCc2cc(-c3ccccc3)no2)cc1. The predicted molar refractivity (Wildman–Crippen MR) is 381 cm³/mol. The van der Waals surface area contributed by atoms with Crippen molar-refractivity contribution in [2.75, 3.05) is 0 Å². The summed E-state index contributed by atoms with van der Waals surface area (Å²) in [6.07, 6.45) is 13.7. The molecule has 0 aliphatic carbocycles. The maximum absolute atomic E-state index is 6.41. The summed E-state index contributed by atoms with van der Waals surface area (Å²) in [5, 5.41) is 34.7. The molecular formula is C84H76N8O8. The van der Waals surface area contributed by atoms with Crippen molar-refractivity contribution in [1.82, 2.24) is 41.9 Å². The largest absolute Gasteiger partial charge is 0.486 e. The van der Waals surface area contributed by atoms with E-state index in [0.29, 0.717) is 23.0 Å². The summed E-state index contributed by atoms with van der Waals surface area (Å²) >= 11 is 0. The standard InChI is InChI=1S/C84H76N8O8/c1-5-13-53(14-6-1)77-45-65(97-89-77)49-93-61-29-21-57(22-30-61)81-69-37-39-71(85-69)82(58-23-31-62(32-24-58)94-50-66-46-78(90-98-66)54-15-7-2-8-16-54)73-41-43-75(87-73)84(60-27-35-64(36-28-60)96-52-68-48-80(92-100-68)56-19-11-4-12-20-56)76-44-42-74(88-76)83(72-40-38-70(81)86-72)59-25-33-63(34-26-59)95-51-67-47-79(91-99-67)55-17-9-3-10-18-55/h1-37,39,42,44-48,69-76,81-88H,38,40-41,43,49-52H2. The minimum Gasteiger partial charge on any atom is -0.486 e. The number of nitrogens with one attached hydrogen (secondary N) is 4. The van der Waals surface area contributed by atoms with E-state index < -0.39 is 0 Å². The fraction of sp³-hybridized carbons (Fsp3) is 0.238. The summed E-state index contributed by atoms with van der Waals surface area (Å²) in [4.78, 5) is 0. The highest BCUT2D eigenvalue weighted by atomic mass is 16.5. The molecule has 0 radical (unpaired) electrons. The number of benzene rings is 8. The van der Waals surface area contributed by atoms with Gasteiger partial charge >= 0.3 is 0 Å². The van der Waals surface area contributed by atoms with E-state index in [1.807, 2.05) is 146 Å². The Balaban J connectivity index is 0.679. The van der Waals surface area contributed by atoms with Crippen molar-refractivity contribution in [3.8, 4) is 68.0 Å². The zero-order valence-corrected chi connectivity index (χ0v) is 55.0. The number of nitrogens with zero attached hydrogens (tertiary/aromatic N) is 4. The second-order valence-corrected chi connectivity index (χ2v) is 26.8. The molecule has 0 amide bonds. The smallest absolute Gasteiger partial charge is 0.174 e. The van der Waals surface area contributed by atoms with E-state index in [1.165, 1.54) is 22.3 Å². The van der Waals surface area contributed by atoms with E-state index in [1.54, 1.807) is 0 Å². The van der Waals surface area contributed by atoms with Gasteiger partial charge in [0.15, 0.2) is 23.0 Å². The first-order chi connectivity index (χ1) is 49.5. The van der Waals surface area contributed by atoms with Gasteiger partial charge in [0.05, 0.1) is 0 Å². The molecule has 3 saturated heterocycles. The fourth-order valence-corrected chi connectivity index (χ4v) is 15.8. The van der Waals surface area contributed by atoms with Crippen LogP contribution in [0.2, 0.25) is 0 Å². The van der Waals surface area contributed by atoms with Gasteiger partial charge < -0.3 is 58.3 Å². The first-order valence-electron chi connectivity index (χ1n) is 34.8. The molecule has 5 aliphatic heterocycles. The van der Waals surface area contributed by atoms with Crippen LogP contribution in [0.25, 0.3) is 45.0 Å². The number of hydrogen-bond donors (Lipinski definition) is 4. The molecule has 5 aliphatic rings. The molecule has 0 saturated carbocycles. The lowest BCUT2D eigenvalue weighted by Gasteiger charge is -2.38. The minimum atomic E-state index is -0.00291. The number of aromatic nitrogens is 4. The molecule has 0 spiro atoms. The molecule has 12 aromatic rings. The predicted octanol–water partition coefficient (Wildman–Crippen LogP) is 16.1. The number of ether oxygens (including phenoxy) is 4. The fourth-order valence-electron chi connectivity index (χ4n) is 15.8. The van der Waals surface area contributed by atoms with Crippen LogP contribution in [0.15, 0.2) is 285 Å². The van der Waals surface area contributed by atoms with Crippen molar-refractivity contribution in [1.29, 1.82) is 0 Å². The second kappa shape index (κ2) is 28.5. The average molecular weight is 1330 g/mol. The first-order valence-corrected chi connectivity index (χ1v) is 34.8. The summed E-state index contributed by atoms with van der Waals surface area (Å²) < 4.78 is 48.6. The van der Waals surface area contributed by atoms with Crippen LogP contribution in [0.3, 0.4) is 0 Å². The molecule has 8 aromatic carbocycles. The van der Waals surface area contributed by atoms with Crippen LogP contribution in [0.1, 0.15) is 94.6 Å². The van der Waals surface area contributed by atoms with Crippen LogP contribution in [0.4, 0.5) is 0 Å². The lowest BCUT2D eigenvalue weighted by molar-refractivity contribution is 0.249. The third-order valence-corrected chi connectivity index (χ3v) is 20.6. The molecule has 8 bridgehead atoms. The Morgan fingerprint density at radius 3 is 0.710 bits per heavy atom. The quantitative estimate of drug-likeness (QED) is 0.0527. The summed E-state index contributed by atoms with van der Waals surface area (Å²) in [6, 6.07) is 83.3. The highest BCUT2D eigenvalue weighted by Crippen LogP contribution is 2.45. The van der Waals surface area contributed by atoms with Gasteiger partial charge in [0.25, 0.3) is 0 Å². The Labute approximate surface area is 580 Å². The molecule has 12 atom stereocenters. The third kappa shape index (κ3) is 13.7. The summed E-state index contributed by atoms with van der Waals surface area (Å²) in [5.74, 6) is 5.90. The van der Waals surface area contributed by atoms with Crippen LogP contribution in [-0.4, -0.2) is 69.0 Å². The maximum atomic E-state index is 6.41. The van der Waals surface area contributed by atoms with Gasteiger partial charge in [-0.05, 0) is 96.5 Å². The van der Waals surface area contributed by atoms with Crippen molar-refractivity contribution >= 4 is 0 Å². The van der Waals surface area contributed by atoms with Crippen molar-refractivity contribution < 1.29 is 37.0 Å². The van der Waals surface area contributed by atoms with Crippen molar-refractivity contribution in [3.63, 3.8) is 0 Å². The maximum Gasteiger partial charge on any atom is 0.174 e. The van der Waals surface area contributed by atoms with Gasteiger partial charge in [0.2, 0.25) is 0 Å². The van der Waals surface area contributed by atoms with E-state index in [-0.39, 0.29) is 98.4 Å². The number of hydrogen-bond acceptors (Lipinski definition) is 16. The van der Waals surface area contributed by atoms with Crippen LogP contribution < -0.4 is 40.2 Å². The molecule has 9 heterocycles. The van der Waals surface area contributed by atoms with Gasteiger partial charge in [-0.15, -0.1) is 0 Å². The average Bonchev–Trinajstić information content (AvgIpc) is 1.61. The van der Waals surface area contributed by atoms with E-state index >= 15 is 0 Å². The van der Waals surface area contributed by atoms with E-state index in [4.69, 9.17) is 37.0 Å². The molecule has 17 rings (SSSR count). The summed E-state index contributed by atoms with van der Waals surface area (Å²) in [6.45, 7) is 1.02. The second-order valence-electron chi connectivity index (χ2n) is 26.8. The lowest BCUT2D eigenvalue weighted by atomic mass is 9.83. The van der Waals surface area contributed by atoms with Gasteiger partial charge in [-0.3, -0.25) is 0 Å². The molecule has 100 heavy (non-hydrogen) atoms. The van der Waals surface area contributed by atoms with Crippen LogP contribution in [0, 0.1) is 0 Å². The van der Waals surface area contributed by atoms with Gasteiger partial charge in [-0.25, -0.2) is 0 Å². The topological polar surface area (TPSA) is 189 Å². The molecule has 3 fully saturated rings. The lowest BCUT2D eigenvalue weighted by Crippen LogP contribution is -2.52. The molecule has 16 nitrogen and oxygen atoms in total. The van der Waals surface area contributed by atoms with Crippen LogP contribution in [-0.2, 0) is 26.4 Å². The van der Waals surface area contributed by atoms with Gasteiger partial charge in [0, 0.05) is 119 Å². The highest BCUT2D eigenvalue weighted by molar-refractivity contribution is 5.61. The normalized spacial score (nSPS) is 23.8. The van der Waals surface area contributed by atoms with Gasteiger partial charge in [0.1, 0.15) is 72.2 Å². The third-order valence-electron chi connectivity index (χ3n) is 20.6. The van der Waals surface area contributed by atoms with E-state index in [9.17, 15) is 0 Å². The molecule has 500 valence electrons. The first kappa shape index (κ1) is 62.6. The zero-order valence-electron chi connectivity index (χ0n) is 55.0. The Kier molecular flexibility index (Phi) is 17.9. The van der Waals surface area contributed by atoms with Crippen molar-refractivity contribution in [3.05, 3.63) is 312 Å². The molecular weight excluding hydrogens is 1250 g/mol. The van der Waals surface area contributed by atoms with Gasteiger partial charge in [-0.1, -0.05) is 215 Å². The van der Waals surface area contributed by atoms with Crippen LogP contribution >= 0.6 is 0 Å². The Bertz CT molecular complexity index is 4120. The highest BCUT2D eigenvalue weighted by Gasteiger charge is 2.47. The van der Waals surface area contributed by atoms with E-state index in [2.05, 4.69) is 163 Å². The molecule has 4 N–H and O–H groups in total. The Morgan fingerprint density at radius 1 is 0.270 bits per heavy atom. The Hall–Kier alpha value is -10.9. The number of rotatable bonds is 20. The van der Waals surface area contributed by atoms with Gasteiger partial charge in [-0.2, -0.15) is 0 Å². The van der Waals surface area contributed by atoms with Crippen molar-refractivity contribution in [2.24, 2.45) is 0 Å². The minimum absolute atomic E-state index is 0.00291. The monoisotopic (exact) mass is 1320 g/mol. The number of fused-ring (bicyclic) bond motifs is 8. The molecule has 16 heteroatoms. The molecule has 12 unspecified atom stereocenters. The Morgan fingerprint density at radius 2 is 0.490 bits per heavy atom. The van der Waals surface area contributed by atoms with Crippen molar-refractivity contribution in [2.45, 2.75) is 124 Å². The van der Waals surface area contributed by atoms with E-state index in [0.717, 1.165) is 93.7 Å². The molecule has 4 aromatic heterocycles. The summed E-state index contributed by atoms with van der Waals surface area (Å²) in [5.41, 5.74) is 12.0. The van der Waals surface area contributed by atoms with Crippen LogP contribution in [0.5, 0.6) is 23.0 Å². The zero-order chi connectivity index (χ0) is 66.6. The summed E-state index contributed by atoms with van der Waals surface area (Å²) in [7, 11) is 0.